The molecule has 2 amide bonds. The van der Waals surface area contributed by atoms with E-state index in [2.05, 4.69) is 10.5 Å². The predicted molar refractivity (Wildman–Crippen MR) is 97.9 cm³/mol. The molecule has 4 rings (SSSR count). The van der Waals surface area contributed by atoms with Crippen LogP contribution in [0.5, 0.6) is 0 Å². The van der Waals surface area contributed by atoms with Crippen LogP contribution in [0.1, 0.15) is 23.3 Å². The molecule has 1 aromatic heterocycles. The molecular weight excluding hydrogens is 330 g/mol. The van der Waals surface area contributed by atoms with Gasteiger partial charge in [0.2, 0.25) is 5.91 Å². The number of carbonyl (C=O) groups excluding carboxylic acids is 2. The van der Waals surface area contributed by atoms with Gasteiger partial charge in [0.25, 0.3) is 5.91 Å². The van der Waals surface area contributed by atoms with Gasteiger partial charge in [0.05, 0.1) is 0 Å². The fraction of sp³-hybridized carbons (Fsp3) is 0.150. The van der Waals surface area contributed by atoms with Gasteiger partial charge in [-0.15, -0.1) is 0 Å². The van der Waals surface area contributed by atoms with E-state index in [-0.39, 0.29) is 17.5 Å². The third kappa shape index (κ3) is 3.21. The number of carbonyl (C=O) groups is 2. The summed E-state index contributed by atoms with van der Waals surface area (Å²) < 4.78 is 5.25. The number of benzene rings is 2. The molecule has 1 N–H and O–H groups in total. The van der Waals surface area contributed by atoms with Gasteiger partial charge in [-0.3, -0.25) is 9.59 Å². The molecule has 0 radical (unpaired) electrons. The number of nitrogens with zero attached hydrogens (tertiary/aromatic N) is 2. The van der Waals surface area contributed by atoms with Gasteiger partial charge in [0.15, 0.2) is 11.5 Å². The number of rotatable bonds is 4. The van der Waals surface area contributed by atoms with E-state index in [4.69, 9.17) is 4.52 Å². The highest BCUT2D eigenvalue weighted by atomic mass is 16.5. The second-order valence-corrected chi connectivity index (χ2v) is 6.09. The van der Waals surface area contributed by atoms with Gasteiger partial charge in [-0.25, -0.2) is 0 Å². The van der Waals surface area contributed by atoms with E-state index in [0.717, 1.165) is 24.2 Å². The number of aromatic nitrogens is 1. The van der Waals surface area contributed by atoms with Crippen LogP contribution in [0.15, 0.2) is 65.2 Å². The van der Waals surface area contributed by atoms with Crippen LogP contribution < -0.4 is 10.2 Å². The Bertz CT molecular complexity index is 932. The zero-order valence-corrected chi connectivity index (χ0v) is 14.0. The van der Waals surface area contributed by atoms with E-state index < -0.39 is 0 Å². The minimum absolute atomic E-state index is 0.137. The van der Waals surface area contributed by atoms with Crippen LogP contribution in [0.4, 0.5) is 11.4 Å². The number of hydrogen-bond donors (Lipinski definition) is 1. The van der Waals surface area contributed by atoms with Gasteiger partial charge in [-0.05, 0) is 30.7 Å². The molecule has 1 aliphatic rings. The first-order valence-corrected chi connectivity index (χ1v) is 8.44. The zero-order chi connectivity index (χ0) is 17.9. The van der Waals surface area contributed by atoms with Crippen molar-refractivity contribution in [2.24, 2.45) is 0 Å². The average molecular weight is 347 g/mol. The average Bonchev–Trinajstić information content (AvgIpc) is 3.32. The lowest BCUT2D eigenvalue weighted by molar-refractivity contribution is -0.117. The Hall–Kier alpha value is -3.41. The monoisotopic (exact) mass is 347 g/mol. The number of nitrogens with one attached hydrogen (secondary N) is 1. The topological polar surface area (TPSA) is 75.4 Å². The van der Waals surface area contributed by atoms with E-state index in [0.29, 0.717) is 17.9 Å². The van der Waals surface area contributed by atoms with Crippen molar-refractivity contribution in [3.8, 4) is 11.3 Å². The minimum Gasteiger partial charge on any atom is -0.355 e. The Balaban J connectivity index is 1.45. The molecule has 2 heterocycles. The SMILES string of the molecule is O=C(Nc1ccc(N2CCCC2=O)cc1)c1cc(-c2ccccc2)on1. The van der Waals surface area contributed by atoms with Crippen LogP contribution in [0.25, 0.3) is 11.3 Å². The highest BCUT2D eigenvalue weighted by Gasteiger charge is 2.21. The molecule has 1 fully saturated rings. The van der Waals surface area contributed by atoms with Gasteiger partial charge in [0.1, 0.15) is 0 Å². The molecule has 0 bridgehead atoms. The van der Waals surface area contributed by atoms with Crippen LogP contribution >= 0.6 is 0 Å². The molecule has 0 aliphatic carbocycles. The van der Waals surface area contributed by atoms with Crippen LogP contribution in [0, 0.1) is 0 Å². The third-order valence-electron chi connectivity index (χ3n) is 4.31. The van der Waals surface area contributed by atoms with Crippen molar-refractivity contribution in [1.29, 1.82) is 0 Å². The molecule has 0 saturated carbocycles. The highest BCUT2D eigenvalue weighted by Crippen LogP contribution is 2.24. The van der Waals surface area contributed by atoms with Gasteiger partial charge in [-0.2, -0.15) is 0 Å². The Labute approximate surface area is 150 Å². The first-order chi connectivity index (χ1) is 12.7. The summed E-state index contributed by atoms with van der Waals surface area (Å²) in [6, 6.07) is 18.3. The first-order valence-electron chi connectivity index (χ1n) is 8.44. The molecule has 0 atom stereocenters. The Morgan fingerprint density at radius 2 is 1.85 bits per heavy atom. The van der Waals surface area contributed by atoms with Gasteiger partial charge in [-0.1, -0.05) is 35.5 Å². The molecule has 3 aromatic rings. The van der Waals surface area contributed by atoms with Crippen LogP contribution in [-0.2, 0) is 4.79 Å². The van der Waals surface area contributed by atoms with Crippen molar-refractivity contribution in [1.82, 2.24) is 5.16 Å². The second kappa shape index (κ2) is 6.84. The first kappa shape index (κ1) is 16.1. The maximum atomic E-state index is 12.4. The molecule has 1 saturated heterocycles. The maximum absolute atomic E-state index is 12.4. The molecule has 6 heteroatoms. The Morgan fingerprint density at radius 3 is 2.54 bits per heavy atom. The Morgan fingerprint density at radius 1 is 1.08 bits per heavy atom. The van der Waals surface area contributed by atoms with E-state index in [1.54, 1.807) is 23.1 Å². The number of amides is 2. The molecule has 26 heavy (non-hydrogen) atoms. The summed E-state index contributed by atoms with van der Waals surface area (Å²) in [4.78, 5) is 25.9. The quantitative estimate of drug-likeness (QED) is 0.780. The Kier molecular flexibility index (Phi) is 4.23. The van der Waals surface area contributed by atoms with E-state index in [1.165, 1.54) is 0 Å². The van der Waals surface area contributed by atoms with Crippen LogP contribution in [0.2, 0.25) is 0 Å². The molecule has 130 valence electrons. The fourth-order valence-electron chi connectivity index (χ4n) is 2.96. The zero-order valence-electron chi connectivity index (χ0n) is 14.0. The standard InChI is InChI=1S/C20H17N3O3/c24-19-7-4-12-23(19)16-10-8-15(9-11-16)21-20(25)17-13-18(26-22-17)14-5-2-1-3-6-14/h1-3,5-6,8-11,13H,4,7,12H2,(H,21,25). The molecule has 0 unspecified atom stereocenters. The summed E-state index contributed by atoms with van der Waals surface area (Å²) in [6.07, 6.45) is 1.47. The van der Waals surface area contributed by atoms with Crippen molar-refractivity contribution in [3.63, 3.8) is 0 Å². The molecule has 1 aliphatic heterocycles. The summed E-state index contributed by atoms with van der Waals surface area (Å²) >= 11 is 0. The van der Waals surface area contributed by atoms with Gasteiger partial charge in [0, 0.05) is 36.0 Å². The molecule has 0 spiro atoms. The summed E-state index contributed by atoms with van der Waals surface area (Å²) in [5.74, 6) is 0.331. The highest BCUT2D eigenvalue weighted by molar-refractivity contribution is 6.03. The van der Waals surface area contributed by atoms with Gasteiger partial charge >= 0.3 is 0 Å². The van der Waals surface area contributed by atoms with Gasteiger partial charge < -0.3 is 14.7 Å². The van der Waals surface area contributed by atoms with E-state index in [9.17, 15) is 9.59 Å². The lowest BCUT2D eigenvalue weighted by Gasteiger charge is -2.15. The van der Waals surface area contributed by atoms with Crippen molar-refractivity contribution in [2.45, 2.75) is 12.8 Å². The summed E-state index contributed by atoms with van der Waals surface area (Å²) in [6.45, 7) is 0.742. The molecule has 6 nitrogen and oxygen atoms in total. The van der Waals surface area contributed by atoms with Crippen LogP contribution in [0.3, 0.4) is 0 Å². The molecular formula is C20H17N3O3. The van der Waals surface area contributed by atoms with E-state index >= 15 is 0 Å². The van der Waals surface area contributed by atoms with Crippen molar-refractivity contribution < 1.29 is 14.1 Å². The maximum Gasteiger partial charge on any atom is 0.277 e. The third-order valence-corrected chi connectivity index (χ3v) is 4.31. The number of hydrogen-bond acceptors (Lipinski definition) is 4. The fourth-order valence-corrected chi connectivity index (χ4v) is 2.96. The largest absolute Gasteiger partial charge is 0.355 e. The van der Waals surface area contributed by atoms with Crippen molar-refractivity contribution in [3.05, 3.63) is 66.4 Å². The summed E-state index contributed by atoms with van der Waals surface area (Å²) in [7, 11) is 0. The minimum atomic E-state index is -0.346. The molecule has 2 aromatic carbocycles. The number of anilines is 2. The lowest BCUT2D eigenvalue weighted by Crippen LogP contribution is -2.23. The smallest absolute Gasteiger partial charge is 0.277 e. The normalized spacial score (nSPS) is 13.8. The summed E-state index contributed by atoms with van der Waals surface area (Å²) in [5, 5.41) is 6.63. The predicted octanol–water partition coefficient (Wildman–Crippen LogP) is 3.72. The van der Waals surface area contributed by atoms with E-state index in [1.807, 2.05) is 42.5 Å². The summed E-state index contributed by atoms with van der Waals surface area (Å²) in [5.41, 5.74) is 2.55. The second-order valence-electron chi connectivity index (χ2n) is 6.09. The van der Waals surface area contributed by atoms with Crippen LogP contribution in [-0.4, -0.2) is 23.5 Å². The van der Waals surface area contributed by atoms with Crippen molar-refractivity contribution in [2.75, 3.05) is 16.8 Å². The van der Waals surface area contributed by atoms with Crippen molar-refractivity contribution >= 4 is 23.2 Å². The lowest BCUT2D eigenvalue weighted by atomic mass is 10.1.